The first-order valence-electron chi connectivity index (χ1n) is 9.48. The minimum absolute atomic E-state index is 0.0939. The highest BCUT2D eigenvalue weighted by Crippen LogP contribution is 2.49. The zero-order chi connectivity index (χ0) is 17.7. The van der Waals surface area contributed by atoms with Crippen LogP contribution in [0.4, 0.5) is 0 Å². The van der Waals surface area contributed by atoms with Gasteiger partial charge in [0.15, 0.2) is 5.72 Å². The lowest BCUT2D eigenvalue weighted by Gasteiger charge is -2.38. The van der Waals surface area contributed by atoms with Crippen molar-refractivity contribution in [3.8, 4) is 0 Å². The van der Waals surface area contributed by atoms with Crippen LogP contribution < -0.4 is 0 Å². The van der Waals surface area contributed by atoms with Gasteiger partial charge in [-0.05, 0) is 37.7 Å². The first-order chi connectivity index (χ1) is 12.7. The number of fused-ring (bicyclic) bond motifs is 4. The topological polar surface area (TPSA) is 29.5 Å². The molecular formula is C23H23NO2. The van der Waals surface area contributed by atoms with E-state index in [2.05, 4.69) is 49.4 Å². The van der Waals surface area contributed by atoms with Crippen LogP contribution in [0.1, 0.15) is 39.9 Å². The van der Waals surface area contributed by atoms with E-state index in [4.69, 9.17) is 4.74 Å². The minimum atomic E-state index is -0.793. The number of rotatable bonds is 1. The lowest BCUT2D eigenvalue weighted by Crippen LogP contribution is -2.47. The van der Waals surface area contributed by atoms with E-state index in [9.17, 15) is 4.79 Å². The molecule has 0 aromatic heterocycles. The van der Waals surface area contributed by atoms with E-state index in [-0.39, 0.29) is 5.91 Å². The molecule has 1 aliphatic carbocycles. The van der Waals surface area contributed by atoms with E-state index in [1.165, 1.54) is 5.56 Å². The molecular weight excluding hydrogens is 322 g/mol. The summed E-state index contributed by atoms with van der Waals surface area (Å²) in [6.45, 7) is 3.51. The van der Waals surface area contributed by atoms with Gasteiger partial charge in [0.05, 0.1) is 6.61 Å². The van der Waals surface area contributed by atoms with E-state index in [1.807, 2.05) is 23.1 Å². The van der Waals surface area contributed by atoms with Gasteiger partial charge in [0.2, 0.25) is 0 Å². The SMILES string of the molecule is Cc1ccc([C@]23OC[C@H]4CC=CC[C@H]4CN2C(=O)c2ccccc23)cc1. The summed E-state index contributed by atoms with van der Waals surface area (Å²) in [5, 5.41) is 0. The summed E-state index contributed by atoms with van der Waals surface area (Å²) in [5.41, 5.74) is 3.23. The maximum absolute atomic E-state index is 13.3. The Hall–Kier alpha value is -2.39. The molecule has 2 heterocycles. The predicted molar refractivity (Wildman–Crippen MR) is 101 cm³/mol. The summed E-state index contributed by atoms with van der Waals surface area (Å²) in [5.74, 6) is 1.04. The number of hydrogen-bond donors (Lipinski definition) is 0. The van der Waals surface area contributed by atoms with Crippen molar-refractivity contribution in [1.29, 1.82) is 0 Å². The monoisotopic (exact) mass is 345 g/mol. The molecule has 0 bridgehead atoms. The van der Waals surface area contributed by atoms with Crippen LogP contribution in [0.15, 0.2) is 60.7 Å². The van der Waals surface area contributed by atoms with Gasteiger partial charge in [-0.1, -0.05) is 60.2 Å². The number of carbonyl (C=O) groups is 1. The molecule has 26 heavy (non-hydrogen) atoms. The highest BCUT2D eigenvalue weighted by molar-refractivity contribution is 6.00. The smallest absolute Gasteiger partial charge is 0.257 e. The maximum Gasteiger partial charge on any atom is 0.257 e. The highest BCUT2D eigenvalue weighted by Gasteiger charge is 2.54. The van der Waals surface area contributed by atoms with Crippen molar-refractivity contribution < 1.29 is 9.53 Å². The van der Waals surface area contributed by atoms with Crippen LogP contribution in [-0.2, 0) is 10.5 Å². The van der Waals surface area contributed by atoms with Gasteiger partial charge >= 0.3 is 0 Å². The summed E-state index contributed by atoms with van der Waals surface area (Å²) in [6.07, 6.45) is 6.58. The molecule has 3 aliphatic rings. The first-order valence-corrected chi connectivity index (χ1v) is 9.48. The Morgan fingerprint density at radius 1 is 1.00 bits per heavy atom. The van der Waals surface area contributed by atoms with Crippen LogP contribution in [0.5, 0.6) is 0 Å². The van der Waals surface area contributed by atoms with Gasteiger partial charge in [0, 0.05) is 23.2 Å². The fourth-order valence-corrected chi connectivity index (χ4v) is 4.76. The normalized spacial score (nSPS) is 29.7. The summed E-state index contributed by atoms with van der Waals surface area (Å²) in [4.78, 5) is 15.3. The zero-order valence-electron chi connectivity index (χ0n) is 15.0. The lowest BCUT2D eigenvalue weighted by atomic mass is 9.83. The van der Waals surface area contributed by atoms with E-state index in [1.54, 1.807) is 0 Å². The maximum atomic E-state index is 13.3. The van der Waals surface area contributed by atoms with Crippen molar-refractivity contribution in [1.82, 2.24) is 4.90 Å². The number of nitrogens with zero attached hydrogens (tertiary/aromatic N) is 1. The average Bonchev–Trinajstić information content (AvgIpc) is 2.81. The molecule has 0 N–H and O–H groups in total. The molecule has 1 amide bonds. The van der Waals surface area contributed by atoms with Crippen LogP contribution in [-0.4, -0.2) is 24.0 Å². The van der Waals surface area contributed by atoms with Crippen molar-refractivity contribution in [2.24, 2.45) is 11.8 Å². The molecule has 5 rings (SSSR count). The Balaban J connectivity index is 1.70. The molecule has 3 heteroatoms. The second-order valence-corrected chi connectivity index (χ2v) is 7.75. The first kappa shape index (κ1) is 15.8. The Bertz CT molecular complexity index is 885. The average molecular weight is 345 g/mol. The molecule has 1 saturated heterocycles. The number of carbonyl (C=O) groups excluding carboxylic acids is 1. The molecule has 1 fully saturated rings. The number of hydrogen-bond acceptors (Lipinski definition) is 2. The van der Waals surface area contributed by atoms with Gasteiger partial charge in [-0.25, -0.2) is 0 Å². The second kappa shape index (κ2) is 5.82. The van der Waals surface area contributed by atoms with Gasteiger partial charge in [0.1, 0.15) is 0 Å². The Kier molecular flexibility index (Phi) is 3.54. The molecule has 0 saturated carbocycles. The number of benzene rings is 2. The van der Waals surface area contributed by atoms with Gasteiger partial charge in [-0.2, -0.15) is 0 Å². The van der Waals surface area contributed by atoms with E-state index in [0.29, 0.717) is 18.4 Å². The molecule has 0 spiro atoms. The number of aryl methyl sites for hydroxylation is 1. The minimum Gasteiger partial charge on any atom is -0.347 e. The van der Waals surface area contributed by atoms with Gasteiger partial charge < -0.3 is 9.64 Å². The molecule has 3 atom stereocenters. The van der Waals surface area contributed by atoms with Crippen molar-refractivity contribution in [3.05, 3.63) is 82.9 Å². The Morgan fingerprint density at radius 3 is 2.54 bits per heavy atom. The lowest BCUT2D eigenvalue weighted by molar-refractivity contribution is -0.0998. The Morgan fingerprint density at radius 2 is 1.73 bits per heavy atom. The van der Waals surface area contributed by atoms with Crippen molar-refractivity contribution in [3.63, 3.8) is 0 Å². The van der Waals surface area contributed by atoms with Crippen LogP contribution >= 0.6 is 0 Å². The van der Waals surface area contributed by atoms with E-state index >= 15 is 0 Å². The fourth-order valence-electron chi connectivity index (χ4n) is 4.76. The van der Waals surface area contributed by atoms with Crippen molar-refractivity contribution in [2.45, 2.75) is 25.5 Å². The van der Waals surface area contributed by atoms with Crippen molar-refractivity contribution >= 4 is 5.91 Å². The van der Waals surface area contributed by atoms with E-state index in [0.717, 1.165) is 36.1 Å². The number of allylic oxidation sites excluding steroid dienone is 2. The Labute approximate surface area is 154 Å². The third kappa shape index (κ3) is 2.13. The summed E-state index contributed by atoms with van der Waals surface area (Å²) >= 11 is 0. The fraction of sp³-hybridized carbons (Fsp3) is 0.348. The third-order valence-electron chi connectivity index (χ3n) is 6.23. The standard InChI is InChI=1S/C23H23NO2/c1-16-10-12-19(13-11-16)23-21-9-5-4-8-20(21)22(25)24(23)14-17-6-2-3-7-18(17)15-26-23/h2-5,8-13,17-18H,6-7,14-15H2,1H3/t17-,18+,23+/m0/s1. The number of amides is 1. The van der Waals surface area contributed by atoms with Crippen LogP contribution in [0.25, 0.3) is 0 Å². The zero-order valence-corrected chi connectivity index (χ0v) is 15.0. The quantitative estimate of drug-likeness (QED) is 0.723. The predicted octanol–water partition coefficient (Wildman–Crippen LogP) is 4.26. The third-order valence-corrected chi connectivity index (χ3v) is 6.23. The molecule has 2 aromatic rings. The summed E-state index contributed by atoms with van der Waals surface area (Å²) < 4.78 is 6.68. The molecule has 2 aliphatic heterocycles. The molecule has 132 valence electrons. The van der Waals surface area contributed by atoms with Crippen molar-refractivity contribution in [2.75, 3.05) is 13.2 Å². The van der Waals surface area contributed by atoms with Crippen LogP contribution in [0.2, 0.25) is 0 Å². The van der Waals surface area contributed by atoms with Crippen LogP contribution in [0, 0.1) is 18.8 Å². The molecule has 0 unspecified atom stereocenters. The highest BCUT2D eigenvalue weighted by atomic mass is 16.5. The van der Waals surface area contributed by atoms with E-state index < -0.39 is 5.72 Å². The van der Waals surface area contributed by atoms with Gasteiger partial charge in [-0.15, -0.1) is 0 Å². The molecule has 3 nitrogen and oxygen atoms in total. The number of ether oxygens (including phenoxy) is 1. The molecule has 2 aromatic carbocycles. The largest absolute Gasteiger partial charge is 0.347 e. The van der Waals surface area contributed by atoms with Gasteiger partial charge in [-0.3, -0.25) is 4.79 Å². The second-order valence-electron chi connectivity index (χ2n) is 7.75. The molecule has 0 radical (unpaired) electrons. The summed E-state index contributed by atoms with van der Waals surface area (Å²) in [6, 6.07) is 16.4. The summed E-state index contributed by atoms with van der Waals surface area (Å²) in [7, 11) is 0. The van der Waals surface area contributed by atoms with Gasteiger partial charge in [0.25, 0.3) is 5.91 Å². The van der Waals surface area contributed by atoms with Crippen LogP contribution in [0.3, 0.4) is 0 Å².